The zero-order valence-electron chi connectivity index (χ0n) is 18.3. The molecular formula is C23H29N3O5S. The van der Waals surface area contributed by atoms with Crippen LogP contribution in [0.1, 0.15) is 28.8 Å². The lowest BCUT2D eigenvalue weighted by atomic mass is 9.96. The van der Waals surface area contributed by atoms with E-state index in [-0.39, 0.29) is 22.6 Å². The Morgan fingerprint density at radius 1 is 1.09 bits per heavy atom. The highest BCUT2D eigenvalue weighted by molar-refractivity contribution is 7.92. The number of anilines is 1. The van der Waals surface area contributed by atoms with E-state index in [0.717, 1.165) is 18.4 Å². The molecule has 2 N–H and O–H groups in total. The topological polar surface area (TPSA) is 105 Å². The zero-order valence-corrected chi connectivity index (χ0v) is 19.2. The van der Waals surface area contributed by atoms with Crippen molar-refractivity contribution in [2.45, 2.75) is 24.7 Å². The maximum Gasteiger partial charge on any atom is 0.261 e. The lowest BCUT2D eigenvalue weighted by Crippen LogP contribution is -2.45. The molecule has 2 aromatic rings. The summed E-state index contributed by atoms with van der Waals surface area (Å²) in [6.07, 6.45) is 1.49. The molecule has 1 unspecified atom stereocenters. The predicted octanol–water partition coefficient (Wildman–Crippen LogP) is 2.41. The summed E-state index contributed by atoms with van der Waals surface area (Å²) in [6, 6.07) is 12.9. The van der Waals surface area contributed by atoms with Gasteiger partial charge in [0.1, 0.15) is 0 Å². The number of nitrogens with one attached hydrogen (secondary N) is 2. The van der Waals surface area contributed by atoms with Gasteiger partial charge in [0.05, 0.1) is 17.4 Å². The Bertz CT molecular complexity index is 1040. The van der Waals surface area contributed by atoms with Gasteiger partial charge < -0.3 is 15.0 Å². The van der Waals surface area contributed by atoms with Crippen LogP contribution >= 0.6 is 0 Å². The lowest BCUT2D eigenvalue weighted by Gasteiger charge is -2.32. The number of piperidine rings is 1. The fourth-order valence-corrected chi connectivity index (χ4v) is 4.65. The number of carbonyl (C=O) groups is 2. The second kappa shape index (κ2) is 10.6. The summed E-state index contributed by atoms with van der Waals surface area (Å²) < 4.78 is 32.6. The molecule has 0 bridgehead atoms. The molecule has 0 radical (unpaired) electrons. The molecule has 1 aliphatic heterocycles. The molecule has 1 saturated heterocycles. The molecule has 1 heterocycles. The minimum Gasteiger partial charge on any atom is -0.383 e. The summed E-state index contributed by atoms with van der Waals surface area (Å²) in [5.41, 5.74) is 1.79. The van der Waals surface area contributed by atoms with Gasteiger partial charge >= 0.3 is 0 Å². The molecule has 1 atom stereocenters. The molecule has 1 fully saturated rings. The number of benzene rings is 2. The number of carbonyl (C=O) groups excluding carboxylic acids is 2. The summed E-state index contributed by atoms with van der Waals surface area (Å²) >= 11 is 0. The van der Waals surface area contributed by atoms with Gasteiger partial charge in [0.2, 0.25) is 5.91 Å². The molecule has 0 aliphatic carbocycles. The molecule has 0 spiro atoms. The first-order valence-electron chi connectivity index (χ1n) is 10.6. The molecule has 2 aromatic carbocycles. The fourth-order valence-electron chi connectivity index (χ4n) is 3.59. The summed E-state index contributed by atoms with van der Waals surface area (Å²) in [6.45, 7) is 3.72. The molecule has 172 valence electrons. The van der Waals surface area contributed by atoms with Gasteiger partial charge in [0.25, 0.3) is 15.9 Å². The van der Waals surface area contributed by atoms with Gasteiger partial charge in [0, 0.05) is 38.0 Å². The van der Waals surface area contributed by atoms with Gasteiger partial charge in [-0.3, -0.25) is 14.3 Å². The van der Waals surface area contributed by atoms with Gasteiger partial charge in [-0.05, 0) is 56.2 Å². The van der Waals surface area contributed by atoms with Crippen LogP contribution in [0.15, 0.2) is 53.4 Å². The summed E-state index contributed by atoms with van der Waals surface area (Å²) in [4.78, 5) is 27.1. The van der Waals surface area contributed by atoms with Gasteiger partial charge in [-0.15, -0.1) is 0 Å². The van der Waals surface area contributed by atoms with Gasteiger partial charge in [-0.2, -0.15) is 0 Å². The molecule has 9 heteroatoms. The van der Waals surface area contributed by atoms with E-state index >= 15 is 0 Å². The zero-order chi connectivity index (χ0) is 23.1. The van der Waals surface area contributed by atoms with Crippen LogP contribution in [0, 0.1) is 12.8 Å². The number of methoxy groups -OCH3 is 1. The molecule has 2 amide bonds. The van der Waals surface area contributed by atoms with E-state index in [1.54, 1.807) is 60.5 Å². The quantitative estimate of drug-likeness (QED) is 0.590. The van der Waals surface area contributed by atoms with Crippen LogP contribution in [-0.4, -0.2) is 58.5 Å². The molecule has 1 aliphatic rings. The van der Waals surface area contributed by atoms with E-state index in [9.17, 15) is 18.0 Å². The highest BCUT2D eigenvalue weighted by atomic mass is 32.2. The number of hydrogen-bond donors (Lipinski definition) is 2. The van der Waals surface area contributed by atoms with E-state index in [1.165, 1.54) is 0 Å². The maximum absolute atomic E-state index is 12.9. The number of sulfonamides is 1. The average molecular weight is 460 g/mol. The minimum absolute atomic E-state index is 0.0691. The minimum atomic E-state index is -3.71. The summed E-state index contributed by atoms with van der Waals surface area (Å²) in [7, 11) is -2.13. The normalized spacial score (nSPS) is 16.4. The van der Waals surface area contributed by atoms with Crippen LogP contribution < -0.4 is 10.0 Å². The van der Waals surface area contributed by atoms with Gasteiger partial charge in [-0.1, -0.05) is 17.7 Å². The maximum atomic E-state index is 12.9. The number of rotatable bonds is 8. The lowest BCUT2D eigenvalue weighted by molar-refractivity contribution is -0.126. The van der Waals surface area contributed by atoms with Crippen molar-refractivity contribution in [1.82, 2.24) is 10.2 Å². The van der Waals surface area contributed by atoms with Crippen LogP contribution in [0.4, 0.5) is 5.69 Å². The molecule has 32 heavy (non-hydrogen) atoms. The number of hydrogen-bond acceptors (Lipinski definition) is 5. The first-order valence-corrected chi connectivity index (χ1v) is 12.0. The number of aryl methyl sites for hydroxylation is 1. The number of likely N-dealkylation sites (tertiary alicyclic amines) is 1. The fraction of sp³-hybridized carbons (Fsp3) is 0.391. The second-order valence-corrected chi connectivity index (χ2v) is 9.55. The van der Waals surface area contributed by atoms with Crippen LogP contribution in [-0.2, 0) is 19.6 Å². The van der Waals surface area contributed by atoms with Crippen molar-refractivity contribution >= 4 is 27.5 Å². The standard InChI is InChI=1S/C23H29N3O5S/c1-17-5-11-21(12-6-17)32(29,30)25-20-9-7-18(8-10-20)23(28)26-14-3-4-19(16-26)22(27)24-13-15-31-2/h5-12,19,25H,3-4,13-16H2,1-2H3,(H,24,27). The van der Waals surface area contributed by atoms with E-state index in [2.05, 4.69) is 10.0 Å². The Labute approximate surface area is 189 Å². The number of nitrogens with zero attached hydrogens (tertiary/aromatic N) is 1. The third-order valence-electron chi connectivity index (χ3n) is 5.40. The number of amides is 2. The highest BCUT2D eigenvalue weighted by Gasteiger charge is 2.28. The van der Waals surface area contributed by atoms with Crippen LogP contribution in [0.2, 0.25) is 0 Å². The molecule has 0 aromatic heterocycles. The van der Waals surface area contributed by atoms with E-state index in [4.69, 9.17) is 4.74 Å². The number of ether oxygens (including phenoxy) is 1. The average Bonchev–Trinajstić information content (AvgIpc) is 2.79. The Morgan fingerprint density at radius 3 is 2.44 bits per heavy atom. The first kappa shape index (κ1) is 23.7. The largest absolute Gasteiger partial charge is 0.383 e. The molecule has 8 nitrogen and oxygen atoms in total. The smallest absolute Gasteiger partial charge is 0.261 e. The summed E-state index contributed by atoms with van der Waals surface area (Å²) in [5.74, 6) is -0.488. The van der Waals surface area contributed by atoms with Gasteiger partial charge in [-0.25, -0.2) is 8.42 Å². The van der Waals surface area contributed by atoms with Crippen molar-refractivity contribution in [2.24, 2.45) is 5.92 Å². The SMILES string of the molecule is COCCNC(=O)C1CCCN(C(=O)c2ccc(NS(=O)(=O)c3ccc(C)cc3)cc2)C1. The Kier molecular flexibility index (Phi) is 7.87. The Morgan fingerprint density at radius 2 is 1.78 bits per heavy atom. The van der Waals surface area contributed by atoms with E-state index in [0.29, 0.717) is 37.5 Å². The third kappa shape index (κ3) is 6.08. The predicted molar refractivity (Wildman–Crippen MR) is 122 cm³/mol. The molecular weight excluding hydrogens is 430 g/mol. The Hall–Kier alpha value is -2.91. The van der Waals surface area contributed by atoms with Crippen LogP contribution in [0.5, 0.6) is 0 Å². The van der Waals surface area contributed by atoms with Crippen LogP contribution in [0.25, 0.3) is 0 Å². The van der Waals surface area contributed by atoms with Crippen molar-refractivity contribution in [1.29, 1.82) is 0 Å². The monoisotopic (exact) mass is 459 g/mol. The Balaban J connectivity index is 1.62. The second-order valence-electron chi connectivity index (χ2n) is 7.87. The first-order chi connectivity index (χ1) is 15.3. The van der Waals surface area contributed by atoms with E-state index < -0.39 is 10.0 Å². The van der Waals surface area contributed by atoms with Crippen molar-refractivity contribution in [2.75, 3.05) is 38.1 Å². The molecule has 3 rings (SSSR count). The van der Waals surface area contributed by atoms with Crippen LogP contribution in [0.3, 0.4) is 0 Å². The van der Waals surface area contributed by atoms with Crippen molar-refractivity contribution in [3.8, 4) is 0 Å². The van der Waals surface area contributed by atoms with Crippen molar-refractivity contribution in [3.05, 3.63) is 59.7 Å². The van der Waals surface area contributed by atoms with Gasteiger partial charge in [0.15, 0.2) is 0 Å². The van der Waals surface area contributed by atoms with E-state index in [1.807, 2.05) is 6.92 Å². The highest BCUT2D eigenvalue weighted by Crippen LogP contribution is 2.21. The summed E-state index contributed by atoms with van der Waals surface area (Å²) in [5, 5.41) is 2.83. The van der Waals surface area contributed by atoms with Crippen molar-refractivity contribution in [3.63, 3.8) is 0 Å². The molecule has 0 saturated carbocycles. The van der Waals surface area contributed by atoms with Crippen molar-refractivity contribution < 1.29 is 22.7 Å². The third-order valence-corrected chi connectivity index (χ3v) is 6.80.